The van der Waals surface area contributed by atoms with Crippen molar-refractivity contribution in [2.75, 3.05) is 0 Å². The molecule has 4 nitrogen and oxygen atoms in total. The number of benzene rings is 1. The number of rotatable bonds is 8. The minimum atomic E-state index is -0.526. The van der Waals surface area contributed by atoms with Crippen LogP contribution in [0.4, 0.5) is 0 Å². The normalized spacial score (nSPS) is 12.4. The molecule has 0 aliphatic rings. The summed E-state index contributed by atoms with van der Waals surface area (Å²) in [7, 11) is 0. The van der Waals surface area contributed by atoms with Gasteiger partial charge >= 0.3 is 5.63 Å². The van der Waals surface area contributed by atoms with E-state index in [1.54, 1.807) is 6.92 Å². The number of ether oxygens (including phenoxy) is 1. The van der Waals surface area contributed by atoms with Gasteiger partial charge in [0, 0.05) is 16.5 Å². The van der Waals surface area contributed by atoms with Crippen molar-refractivity contribution >= 4 is 16.8 Å². The minimum absolute atomic E-state index is 0.0421. The summed E-state index contributed by atoms with van der Waals surface area (Å²) in [6.45, 7) is 9.22. The van der Waals surface area contributed by atoms with Crippen molar-refractivity contribution in [3.63, 3.8) is 0 Å². The molecule has 2 rings (SSSR count). The van der Waals surface area contributed by atoms with E-state index in [1.807, 2.05) is 26.0 Å². The molecule has 1 atom stereocenters. The van der Waals surface area contributed by atoms with Crippen molar-refractivity contribution < 1.29 is 13.9 Å². The maximum Gasteiger partial charge on any atom is 0.339 e. The van der Waals surface area contributed by atoms with Gasteiger partial charge in [0.2, 0.25) is 0 Å². The van der Waals surface area contributed by atoms with Gasteiger partial charge in [-0.2, -0.15) is 0 Å². The highest BCUT2D eigenvalue weighted by atomic mass is 16.5. The number of unbranched alkanes of at least 4 members (excludes halogenated alkanes) is 3. The fraction of sp³-hybridized carbons (Fsp3) is 0.524. The van der Waals surface area contributed by atoms with Crippen molar-refractivity contribution in [1.82, 2.24) is 0 Å². The zero-order chi connectivity index (χ0) is 18.6. The molecule has 1 aromatic carbocycles. The van der Waals surface area contributed by atoms with Gasteiger partial charge in [0.1, 0.15) is 11.3 Å². The average molecular weight is 344 g/mol. The topological polar surface area (TPSA) is 56.5 Å². The number of ketones is 1. The Balaban J connectivity index is 2.39. The second-order valence-electron chi connectivity index (χ2n) is 6.74. The number of aryl methyl sites for hydroxylation is 2. The third kappa shape index (κ3) is 4.30. The van der Waals surface area contributed by atoms with E-state index in [2.05, 4.69) is 6.92 Å². The fourth-order valence-corrected chi connectivity index (χ4v) is 2.99. The molecule has 136 valence electrons. The Morgan fingerprint density at radius 3 is 2.52 bits per heavy atom. The molecule has 25 heavy (non-hydrogen) atoms. The van der Waals surface area contributed by atoms with Crippen molar-refractivity contribution in [2.24, 2.45) is 0 Å². The molecule has 0 saturated carbocycles. The molecule has 0 saturated heterocycles. The van der Waals surface area contributed by atoms with Crippen LogP contribution in [-0.4, -0.2) is 11.9 Å². The number of fused-ring (bicyclic) bond motifs is 1. The van der Waals surface area contributed by atoms with Crippen LogP contribution >= 0.6 is 0 Å². The van der Waals surface area contributed by atoms with E-state index in [9.17, 15) is 9.59 Å². The summed E-state index contributed by atoms with van der Waals surface area (Å²) < 4.78 is 11.3. The molecule has 0 aliphatic carbocycles. The van der Waals surface area contributed by atoms with Gasteiger partial charge in [-0.1, -0.05) is 26.2 Å². The number of carbonyl (C=O) groups excluding carboxylic acids is 1. The van der Waals surface area contributed by atoms with E-state index in [-0.39, 0.29) is 11.4 Å². The van der Waals surface area contributed by atoms with E-state index in [0.717, 1.165) is 41.3 Å². The Bertz CT molecular complexity index is 817. The molecule has 2 aromatic rings. The van der Waals surface area contributed by atoms with Gasteiger partial charge in [-0.05, 0) is 58.2 Å². The van der Waals surface area contributed by atoms with E-state index in [4.69, 9.17) is 9.15 Å². The average Bonchev–Trinajstić information content (AvgIpc) is 2.57. The Morgan fingerprint density at radius 2 is 1.88 bits per heavy atom. The molecule has 1 heterocycles. The minimum Gasteiger partial charge on any atom is -0.483 e. The first-order chi connectivity index (χ1) is 11.9. The highest BCUT2D eigenvalue weighted by Gasteiger charge is 2.17. The summed E-state index contributed by atoms with van der Waals surface area (Å²) >= 11 is 0. The standard InChI is InChI=1S/C21H28O4/c1-6-7-8-9-10-18-13(2)17-11-12-19(24-16(5)15(4)22)14(3)20(17)25-21(18)23/h11-12,16H,6-10H2,1-5H3/t16-/m1/s1. The van der Waals surface area contributed by atoms with Crippen LogP contribution in [0.15, 0.2) is 21.3 Å². The predicted molar refractivity (Wildman–Crippen MR) is 101 cm³/mol. The maximum atomic E-state index is 12.5. The summed E-state index contributed by atoms with van der Waals surface area (Å²) in [5.74, 6) is 0.535. The van der Waals surface area contributed by atoms with Crippen LogP contribution in [0.3, 0.4) is 0 Å². The van der Waals surface area contributed by atoms with E-state index in [1.165, 1.54) is 19.8 Å². The first-order valence-corrected chi connectivity index (χ1v) is 9.09. The van der Waals surface area contributed by atoms with Gasteiger partial charge in [0.25, 0.3) is 0 Å². The summed E-state index contributed by atoms with van der Waals surface area (Å²) in [5.41, 5.74) is 2.79. The van der Waals surface area contributed by atoms with Crippen LogP contribution in [0, 0.1) is 13.8 Å². The molecule has 0 bridgehead atoms. The van der Waals surface area contributed by atoms with Crippen LogP contribution < -0.4 is 10.4 Å². The molecule has 0 fully saturated rings. The van der Waals surface area contributed by atoms with Gasteiger partial charge in [-0.15, -0.1) is 0 Å². The molecule has 0 unspecified atom stereocenters. The lowest BCUT2D eigenvalue weighted by Gasteiger charge is -2.16. The van der Waals surface area contributed by atoms with E-state index >= 15 is 0 Å². The first-order valence-electron chi connectivity index (χ1n) is 9.09. The second-order valence-corrected chi connectivity index (χ2v) is 6.74. The number of carbonyl (C=O) groups is 1. The van der Waals surface area contributed by atoms with Crippen LogP contribution in [0.5, 0.6) is 5.75 Å². The van der Waals surface area contributed by atoms with Crippen molar-refractivity contribution in [2.45, 2.75) is 72.8 Å². The lowest BCUT2D eigenvalue weighted by atomic mass is 9.99. The van der Waals surface area contributed by atoms with Gasteiger partial charge in [-0.3, -0.25) is 4.79 Å². The van der Waals surface area contributed by atoms with Crippen molar-refractivity contribution in [1.29, 1.82) is 0 Å². The molecule has 0 spiro atoms. The smallest absolute Gasteiger partial charge is 0.339 e. The van der Waals surface area contributed by atoms with E-state index in [0.29, 0.717) is 11.3 Å². The number of hydrogen-bond donors (Lipinski definition) is 0. The summed E-state index contributed by atoms with van der Waals surface area (Å²) in [6, 6.07) is 3.77. The van der Waals surface area contributed by atoms with Gasteiger partial charge in [-0.25, -0.2) is 4.79 Å². The van der Waals surface area contributed by atoms with Crippen LogP contribution in [0.25, 0.3) is 11.0 Å². The second kappa shape index (κ2) is 8.32. The van der Waals surface area contributed by atoms with Gasteiger partial charge in [0.05, 0.1) is 0 Å². The maximum absolute atomic E-state index is 12.5. The van der Waals surface area contributed by atoms with Crippen molar-refractivity contribution in [3.05, 3.63) is 39.2 Å². The van der Waals surface area contributed by atoms with E-state index < -0.39 is 6.10 Å². The Hall–Kier alpha value is -2.10. The summed E-state index contributed by atoms with van der Waals surface area (Å²) in [6.07, 6.45) is 4.71. The molecular weight excluding hydrogens is 316 g/mol. The van der Waals surface area contributed by atoms with Crippen LogP contribution in [0.2, 0.25) is 0 Å². The van der Waals surface area contributed by atoms with Crippen molar-refractivity contribution in [3.8, 4) is 5.75 Å². The first kappa shape index (κ1) is 19.2. The van der Waals surface area contributed by atoms with Gasteiger partial charge in [0.15, 0.2) is 11.9 Å². The third-order valence-corrected chi connectivity index (χ3v) is 4.81. The Labute approximate surface area is 149 Å². The zero-order valence-electron chi connectivity index (χ0n) is 15.9. The molecule has 0 radical (unpaired) electrons. The highest BCUT2D eigenvalue weighted by Crippen LogP contribution is 2.30. The highest BCUT2D eigenvalue weighted by molar-refractivity contribution is 5.86. The Morgan fingerprint density at radius 1 is 1.16 bits per heavy atom. The summed E-state index contributed by atoms with van der Waals surface area (Å²) in [4.78, 5) is 23.9. The molecule has 4 heteroatoms. The summed E-state index contributed by atoms with van der Waals surface area (Å²) in [5, 5.41) is 0.936. The zero-order valence-corrected chi connectivity index (χ0v) is 15.9. The lowest BCUT2D eigenvalue weighted by molar-refractivity contribution is -0.122. The fourth-order valence-electron chi connectivity index (χ4n) is 2.99. The molecule has 1 aromatic heterocycles. The number of Topliss-reactive ketones (excluding diaryl/α,β-unsaturated/α-hetero) is 1. The molecule has 0 N–H and O–H groups in total. The monoisotopic (exact) mass is 344 g/mol. The largest absolute Gasteiger partial charge is 0.483 e. The van der Waals surface area contributed by atoms with Gasteiger partial charge < -0.3 is 9.15 Å². The molecule has 0 aliphatic heterocycles. The lowest BCUT2D eigenvalue weighted by Crippen LogP contribution is -2.21. The molecular formula is C21H28O4. The Kier molecular flexibility index (Phi) is 6.40. The molecule has 0 amide bonds. The third-order valence-electron chi connectivity index (χ3n) is 4.81. The van der Waals surface area contributed by atoms with Crippen LogP contribution in [0.1, 0.15) is 63.1 Å². The number of hydrogen-bond acceptors (Lipinski definition) is 4. The SMILES string of the molecule is CCCCCCc1c(C)c2ccc(O[C@H](C)C(C)=O)c(C)c2oc1=O. The quantitative estimate of drug-likeness (QED) is 0.505. The predicted octanol–water partition coefficient (Wildman–Crippen LogP) is 4.89. The van der Waals surface area contributed by atoms with Crippen LogP contribution in [-0.2, 0) is 11.2 Å².